The Labute approximate surface area is 71.8 Å². The van der Waals surface area contributed by atoms with Gasteiger partial charge in [-0.3, -0.25) is 10.1 Å². The van der Waals surface area contributed by atoms with Crippen LogP contribution >= 0.6 is 0 Å². The van der Waals surface area contributed by atoms with Gasteiger partial charge in [0.05, 0.1) is 6.61 Å². The fourth-order valence-corrected chi connectivity index (χ4v) is 1.93. The molecular weight excluding hydrogens is 154 g/mol. The van der Waals surface area contributed by atoms with Gasteiger partial charge >= 0.3 is 5.97 Å². The third-order valence-corrected chi connectivity index (χ3v) is 2.48. The van der Waals surface area contributed by atoms with Crippen LogP contribution in [0.5, 0.6) is 0 Å². The smallest absolute Gasteiger partial charge is 0.323 e. The third-order valence-electron chi connectivity index (χ3n) is 2.48. The summed E-state index contributed by atoms with van der Waals surface area (Å²) in [6.07, 6.45) is 5.30. The van der Waals surface area contributed by atoms with Crippen molar-refractivity contribution >= 4 is 5.97 Å². The van der Waals surface area contributed by atoms with Crippen LogP contribution in [0.2, 0.25) is 0 Å². The number of carbonyl (C=O) groups excluding carboxylic acids is 1. The summed E-state index contributed by atoms with van der Waals surface area (Å²) >= 11 is 0. The number of ether oxygens (including phenoxy) is 1. The third kappa shape index (κ3) is 1.14. The van der Waals surface area contributed by atoms with Crippen molar-refractivity contribution in [1.29, 1.82) is 0 Å². The summed E-state index contributed by atoms with van der Waals surface area (Å²) in [6, 6.07) is 0.323. The van der Waals surface area contributed by atoms with Gasteiger partial charge < -0.3 is 4.74 Å². The first-order chi connectivity index (χ1) is 5.81. The average Bonchev–Trinajstić information content (AvgIpc) is 2.64. The molecule has 1 saturated heterocycles. The van der Waals surface area contributed by atoms with Crippen LogP contribution in [-0.2, 0) is 9.53 Å². The monoisotopic (exact) mass is 167 g/mol. The molecule has 2 bridgehead atoms. The van der Waals surface area contributed by atoms with Gasteiger partial charge in [-0.1, -0.05) is 12.2 Å². The molecule has 0 aromatic heterocycles. The van der Waals surface area contributed by atoms with E-state index in [2.05, 4.69) is 17.5 Å². The van der Waals surface area contributed by atoms with Crippen LogP contribution in [0.25, 0.3) is 0 Å². The van der Waals surface area contributed by atoms with Gasteiger partial charge in [-0.05, 0) is 13.3 Å². The molecule has 0 amide bonds. The molecule has 1 heterocycles. The Hall–Kier alpha value is -0.830. The summed E-state index contributed by atoms with van der Waals surface area (Å²) in [7, 11) is 0. The van der Waals surface area contributed by atoms with Crippen LogP contribution < -0.4 is 5.32 Å². The highest BCUT2D eigenvalue weighted by Crippen LogP contribution is 2.29. The van der Waals surface area contributed by atoms with Gasteiger partial charge in [0.2, 0.25) is 0 Å². The van der Waals surface area contributed by atoms with E-state index in [4.69, 9.17) is 4.74 Å². The van der Waals surface area contributed by atoms with Crippen molar-refractivity contribution in [3.63, 3.8) is 0 Å². The predicted molar refractivity (Wildman–Crippen MR) is 44.6 cm³/mol. The number of hydrogen-bond acceptors (Lipinski definition) is 3. The van der Waals surface area contributed by atoms with E-state index in [-0.39, 0.29) is 12.0 Å². The minimum atomic E-state index is -0.102. The first-order valence-corrected chi connectivity index (χ1v) is 4.42. The number of nitrogens with one attached hydrogen (secondary N) is 1. The van der Waals surface area contributed by atoms with Crippen molar-refractivity contribution in [1.82, 2.24) is 5.32 Å². The summed E-state index contributed by atoms with van der Waals surface area (Å²) in [5.74, 6) is 0.267. The molecule has 3 atom stereocenters. The van der Waals surface area contributed by atoms with Crippen LogP contribution in [0.15, 0.2) is 12.2 Å². The van der Waals surface area contributed by atoms with Gasteiger partial charge in [0.25, 0.3) is 0 Å². The molecule has 0 spiro atoms. The molecule has 66 valence electrons. The highest BCUT2D eigenvalue weighted by Gasteiger charge is 2.39. The van der Waals surface area contributed by atoms with Crippen molar-refractivity contribution in [3.05, 3.63) is 12.2 Å². The van der Waals surface area contributed by atoms with Crippen LogP contribution in [0.1, 0.15) is 13.3 Å². The van der Waals surface area contributed by atoms with Gasteiger partial charge in [0, 0.05) is 12.0 Å². The van der Waals surface area contributed by atoms with Crippen LogP contribution in [0, 0.1) is 5.92 Å². The minimum Gasteiger partial charge on any atom is -0.465 e. The SMILES string of the molecule is CCOC(=O)[C@@H]1N[C@H]2C=C[C@@H]1C2. The highest BCUT2D eigenvalue weighted by atomic mass is 16.5. The summed E-state index contributed by atoms with van der Waals surface area (Å²) in [5.41, 5.74) is 0. The van der Waals surface area contributed by atoms with Crippen LogP contribution in [-0.4, -0.2) is 24.7 Å². The van der Waals surface area contributed by atoms with E-state index in [0.29, 0.717) is 18.6 Å². The van der Waals surface area contributed by atoms with E-state index >= 15 is 0 Å². The second kappa shape index (κ2) is 2.90. The van der Waals surface area contributed by atoms with Crippen molar-refractivity contribution in [3.8, 4) is 0 Å². The number of fused-ring (bicyclic) bond motifs is 2. The summed E-state index contributed by atoms with van der Waals surface area (Å²) in [6.45, 7) is 2.30. The molecule has 12 heavy (non-hydrogen) atoms. The van der Waals surface area contributed by atoms with Crippen molar-refractivity contribution in [2.75, 3.05) is 6.61 Å². The molecule has 1 N–H and O–H groups in total. The second-order valence-corrected chi connectivity index (χ2v) is 3.29. The Kier molecular flexibility index (Phi) is 1.89. The number of rotatable bonds is 2. The topological polar surface area (TPSA) is 38.3 Å². The molecule has 1 aliphatic carbocycles. The Morgan fingerprint density at radius 2 is 2.50 bits per heavy atom. The van der Waals surface area contributed by atoms with Crippen molar-refractivity contribution in [2.45, 2.75) is 25.4 Å². The lowest BCUT2D eigenvalue weighted by molar-refractivity contribution is -0.146. The lowest BCUT2D eigenvalue weighted by Crippen LogP contribution is -2.40. The van der Waals surface area contributed by atoms with E-state index in [0.717, 1.165) is 6.42 Å². The molecule has 0 aromatic carbocycles. The quantitative estimate of drug-likeness (QED) is 0.480. The summed E-state index contributed by atoms with van der Waals surface area (Å²) in [4.78, 5) is 11.3. The lowest BCUT2D eigenvalue weighted by Gasteiger charge is -2.17. The van der Waals surface area contributed by atoms with E-state index in [9.17, 15) is 4.79 Å². The molecule has 0 unspecified atom stereocenters. The van der Waals surface area contributed by atoms with Crippen LogP contribution in [0.3, 0.4) is 0 Å². The fourth-order valence-electron chi connectivity index (χ4n) is 1.93. The molecule has 0 aromatic rings. The van der Waals surface area contributed by atoms with Crippen molar-refractivity contribution < 1.29 is 9.53 Å². The molecule has 0 radical (unpaired) electrons. The van der Waals surface area contributed by atoms with Gasteiger partial charge in [0.1, 0.15) is 6.04 Å². The minimum absolute atomic E-state index is 0.0834. The normalized spacial score (nSPS) is 37.2. The van der Waals surface area contributed by atoms with E-state index in [1.807, 2.05) is 6.92 Å². The lowest BCUT2D eigenvalue weighted by atomic mass is 10.0. The largest absolute Gasteiger partial charge is 0.465 e. The molecule has 3 nitrogen and oxygen atoms in total. The first kappa shape index (κ1) is 7.80. The first-order valence-electron chi connectivity index (χ1n) is 4.42. The van der Waals surface area contributed by atoms with E-state index < -0.39 is 0 Å². The second-order valence-electron chi connectivity index (χ2n) is 3.29. The van der Waals surface area contributed by atoms with E-state index in [1.165, 1.54) is 0 Å². The Morgan fingerprint density at radius 3 is 3.00 bits per heavy atom. The zero-order valence-electron chi connectivity index (χ0n) is 7.12. The standard InChI is InChI=1S/C9H13NO2/c1-2-12-9(11)8-6-3-4-7(5-6)10-8/h3-4,6-8,10H,2,5H2,1H3/t6-,7+,8-/m1/s1. The zero-order valence-corrected chi connectivity index (χ0v) is 7.12. The summed E-state index contributed by atoms with van der Waals surface area (Å²) < 4.78 is 4.94. The maximum Gasteiger partial charge on any atom is 0.323 e. The van der Waals surface area contributed by atoms with Crippen molar-refractivity contribution in [2.24, 2.45) is 5.92 Å². The Balaban J connectivity index is 1.98. The van der Waals surface area contributed by atoms with Gasteiger partial charge in [0.15, 0.2) is 0 Å². The molecule has 3 heteroatoms. The maximum absolute atomic E-state index is 11.3. The molecular formula is C9H13NO2. The molecule has 0 saturated carbocycles. The van der Waals surface area contributed by atoms with Gasteiger partial charge in [-0.2, -0.15) is 0 Å². The molecule has 2 rings (SSSR count). The van der Waals surface area contributed by atoms with E-state index in [1.54, 1.807) is 0 Å². The van der Waals surface area contributed by atoms with Gasteiger partial charge in [-0.25, -0.2) is 0 Å². The maximum atomic E-state index is 11.3. The molecule has 1 fully saturated rings. The predicted octanol–water partition coefficient (Wildman–Crippen LogP) is 0.466. The number of carbonyl (C=O) groups is 1. The Morgan fingerprint density at radius 1 is 1.67 bits per heavy atom. The average molecular weight is 167 g/mol. The van der Waals surface area contributed by atoms with Gasteiger partial charge in [-0.15, -0.1) is 0 Å². The molecule has 2 aliphatic rings. The number of hydrogen-bond donors (Lipinski definition) is 1. The number of esters is 1. The van der Waals surface area contributed by atoms with Crippen LogP contribution in [0.4, 0.5) is 0 Å². The highest BCUT2D eigenvalue weighted by molar-refractivity contribution is 5.77. The molecule has 1 aliphatic heterocycles. The Bertz CT molecular complexity index is 225. The summed E-state index contributed by atoms with van der Waals surface area (Å²) in [5, 5.41) is 3.21. The fraction of sp³-hybridized carbons (Fsp3) is 0.667. The zero-order chi connectivity index (χ0) is 8.55.